The van der Waals surface area contributed by atoms with Gasteiger partial charge < -0.3 is 15.7 Å². The fourth-order valence-electron chi connectivity index (χ4n) is 1.92. The van der Waals surface area contributed by atoms with E-state index in [4.69, 9.17) is 0 Å². The van der Waals surface area contributed by atoms with Crippen molar-refractivity contribution in [3.05, 3.63) is 56.8 Å². The number of thiophene rings is 1. The summed E-state index contributed by atoms with van der Waals surface area (Å²) in [5.74, 6) is -2.05. The molecule has 126 valence electrons. The summed E-state index contributed by atoms with van der Waals surface area (Å²) >= 11 is 1.32. The van der Waals surface area contributed by atoms with E-state index in [2.05, 4.69) is 10.6 Å². The lowest BCUT2D eigenvalue weighted by Gasteiger charge is -2.22. The van der Waals surface area contributed by atoms with Gasteiger partial charge in [-0.05, 0) is 24.4 Å². The van der Waals surface area contributed by atoms with Crippen LogP contribution in [0.5, 0.6) is 0 Å². The van der Waals surface area contributed by atoms with Gasteiger partial charge in [0.2, 0.25) is 0 Å². The van der Waals surface area contributed by atoms with Gasteiger partial charge in [-0.2, -0.15) is 0 Å². The van der Waals surface area contributed by atoms with Gasteiger partial charge in [0.05, 0.1) is 11.5 Å². The lowest BCUT2D eigenvalue weighted by Crippen LogP contribution is -2.43. The van der Waals surface area contributed by atoms with Crippen molar-refractivity contribution in [3.63, 3.8) is 0 Å². The minimum absolute atomic E-state index is 0.0762. The minimum atomic E-state index is -1.32. The fourth-order valence-corrected chi connectivity index (χ4v) is 2.71. The normalized spacial score (nSPS) is 12.9. The Labute approximate surface area is 141 Å². The van der Waals surface area contributed by atoms with Gasteiger partial charge in [0.25, 0.3) is 5.69 Å². The Balaban J connectivity index is 1.98. The molecule has 0 fully saturated rings. The molecular weight excluding hydrogens is 334 g/mol. The quantitative estimate of drug-likeness (QED) is 0.430. The van der Waals surface area contributed by atoms with E-state index in [9.17, 15) is 24.8 Å². The third kappa shape index (κ3) is 4.15. The van der Waals surface area contributed by atoms with Crippen molar-refractivity contribution < 1.29 is 19.6 Å². The molecule has 2 amide bonds. The summed E-state index contributed by atoms with van der Waals surface area (Å²) in [6.07, 6.45) is 0. The summed E-state index contributed by atoms with van der Waals surface area (Å²) in [4.78, 5) is 34.6. The molecule has 1 aromatic heterocycles. The van der Waals surface area contributed by atoms with Crippen LogP contribution in [0.3, 0.4) is 0 Å². The zero-order valence-electron chi connectivity index (χ0n) is 12.7. The lowest BCUT2D eigenvalue weighted by atomic mass is 10.1. The number of hydrogen-bond donors (Lipinski definition) is 3. The smallest absolute Gasteiger partial charge is 0.313 e. The Morgan fingerprint density at radius 1 is 1.25 bits per heavy atom. The molecule has 3 N–H and O–H groups in total. The number of nitro groups is 1. The molecule has 0 aliphatic rings. The number of para-hydroxylation sites is 2. The van der Waals surface area contributed by atoms with Gasteiger partial charge in [-0.1, -0.05) is 18.2 Å². The third-order valence-electron chi connectivity index (χ3n) is 3.20. The second kappa shape index (κ2) is 7.20. The number of rotatable bonds is 5. The van der Waals surface area contributed by atoms with Crippen molar-refractivity contribution in [2.75, 3.05) is 11.9 Å². The molecule has 0 aliphatic heterocycles. The highest BCUT2D eigenvalue weighted by Gasteiger charge is 2.27. The molecule has 0 aliphatic carbocycles. The van der Waals surface area contributed by atoms with Gasteiger partial charge in [0.15, 0.2) is 0 Å². The monoisotopic (exact) mass is 349 g/mol. The molecule has 1 unspecified atom stereocenters. The van der Waals surface area contributed by atoms with E-state index >= 15 is 0 Å². The number of hydrogen-bond acceptors (Lipinski definition) is 6. The second-order valence-corrected chi connectivity index (χ2v) is 6.11. The summed E-state index contributed by atoms with van der Waals surface area (Å²) in [5.41, 5.74) is -1.71. The average molecular weight is 349 g/mol. The van der Waals surface area contributed by atoms with Crippen LogP contribution in [0.25, 0.3) is 0 Å². The number of carbonyl (C=O) groups is 2. The summed E-state index contributed by atoms with van der Waals surface area (Å²) in [7, 11) is 0. The van der Waals surface area contributed by atoms with E-state index in [1.54, 1.807) is 17.5 Å². The predicted molar refractivity (Wildman–Crippen MR) is 88.6 cm³/mol. The molecule has 0 saturated carbocycles. The van der Waals surface area contributed by atoms with Crippen LogP contribution < -0.4 is 10.6 Å². The van der Waals surface area contributed by atoms with Crippen molar-refractivity contribution in [2.45, 2.75) is 12.5 Å². The molecule has 1 aromatic carbocycles. The predicted octanol–water partition coefficient (Wildman–Crippen LogP) is 1.62. The molecule has 0 bridgehead atoms. The Bertz CT molecular complexity index is 758. The Morgan fingerprint density at radius 3 is 2.58 bits per heavy atom. The van der Waals surface area contributed by atoms with Crippen molar-refractivity contribution in [2.24, 2.45) is 0 Å². The standard InChI is InChI=1S/C15H15N3O5S/c1-15(21,12-7-4-8-24-12)9-16-13(19)14(20)17-10-5-2-3-6-11(10)18(22)23/h2-8,21H,9H2,1H3,(H,16,19)(H,17,20). The van der Waals surface area contributed by atoms with Gasteiger partial charge in [0, 0.05) is 10.9 Å². The van der Waals surface area contributed by atoms with Crippen molar-refractivity contribution >= 4 is 34.5 Å². The maximum absolute atomic E-state index is 11.9. The van der Waals surface area contributed by atoms with Crippen LogP contribution in [0.2, 0.25) is 0 Å². The molecule has 8 nitrogen and oxygen atoms in total. The van der Waals surface area contributed by atoms with Crippen LogP contribution in [0.4, 0.5) is 11.4 Å². The minimum Gasteiger partial charge on any atom is -0.383 e. The molecule has 2 aromatic rings. The number of amides is 2. The first-order valence-electron chi connectivity index (χ1n) is 6.90. The van der Waals surface area contributed by atoms with Crippen molar-refractivity contribution in [1.29, 1.82) is 0 Å². The van der Waals surface area contributed by atoms with Gasteiger partial charge in [-0.25, -0.2) is 0 Å². The average Bonchev–Trinajstić information content (AvgIpc) is 3.08. The molecular formula is C15H15N3O5S. The number of carbonyl (C=O) groups excluding carboxylic acids is 2. The number of anilines is 1. The first-order valence-corrected chi connectivity index (χ1v) is 7.78. The fraction of sp³-hybridized carbons (Fsp3) is 0.200. The molecule has 0 spiro atoms. The number of benzene rings is 1. The van der Waals surface area contributed by atoms with E-state index in [1.807, 2.05) is 0 Å². The van der Waals surface area contributed by atoms with Gasteiger partial charge in [0.1, 0.15) is 11.3 Å². The van der Waals surface area contributed by atoms with Crippen LogP contribution in [0.1, 0.15) is 11.8 Å². The van der Waals surface area contributed by atoms with E-state index in [1.165, 1.54) is 42.5 Å². The number of nitro benzene ring substituents is 1. The number of nitrogens with zero attached hydrogens (tertiary/aromatic N) is 1. The summed E-state index contributed by atoms with van der Waals surface area (Å²) < 4.78 is 0. The van der Waals surface area contributed by atoms with Crippen molar-refractivity contribution in [3.8, 4) is 0 Å². The zero-order chi connectivity index (χ0) is 17.7. The maximum atomic E-state index is 11.9. The maximum Gasteiger partial charge on any atom is 0.313 e. The molecule has 24 heavy (non-hydrogen) atoms. The lowest BCUT2D eigenvalue weighted by molar-refractivity contribution is -0.383. The highest BCUT2D eigenvalue weighted by atomic mass is 32.1. The van der Waals surface area contributed by atoms with Gasteiger partial charge >= 0.3 is 11.8 Å². The zero-order valence-corrected chi connectivity index (χ0v) is 13.5. The van der Waals surface area contributed by atoms with E-state index in [0.717, 1.165) is 0 Å². The molecule has 1 heterocycles. The van der Waals surface area contributed by atoms with E-state index in [0.29, 0.717) is 4.88 Å². The second-order valence-electron chi connectivity index (χ2n) is 5.16. The Hall–Kier alpha value is -2.78. The molecule has 0 radical (unpaired) electrons. The van der Waals surface area contributed by atoms with Crippen LogP contribution in [0, 0.1) is 10.1 Å². The summed E-state index contributed by atoms with van der Waals surface area (Å²) in [6, 6.07) is 8.97. The van der Waals surface area contributed by atoms with Crippen LogP contribution >= 0.6 is 11.3 Å². The topological polar surface area (TPSA) is 122 Å². The van der Waals surface area contributed by atoms with Crippen LogP contribution in [0.15, 0.2) is 41.8 Å². The SMILES string of the molecule is CC(O)(CNC(=O)C(=O)Nc1ccccc1[N+](=O)[O-])c1cccs1. The van der Waals surface area contributed by atoms with Crippen molar-refractivity contribution in [1.82, 2.24) is 5.32 Å². The molecule has 2 rings (SSSR count). The van der Waals surface area contributed by atoms with Gasteiger partial charge in [-0.3, -0.25) is 19.7 Å². The molecule has 0 saturated heterocycles. The summed E-state index contributed by atoms with van der Waals surface area (Å²) in [5, 5.41) is 27.5. The first kappa shape index (κ1) is 17.6. The largest absolute Gasteiger partial charge is 0.383 e. The highest BCUT2D eigenvalue weighted by Crippen LogP contribution is 2.25. The van der Waals surface area contributed by atoms with Gasteiger partial charge in [-0.15, -0.1) is 11.3 Å². The van der Waals surface area contributed by atoms with Crippen LogP contribution in [-0.2, 0) is 15.2 Å². The number of aliphatic hydroxyl groups is 1. The summed E-state index contributed by atoms with van der Waals surface area (Å²) in [6.45, 7) is 1.34. The Morgan fingerprint density at radius 2 is 1.96 bits per heavy atom. The number of nitrogens with one attached hydrogen (secondary N) is 2. The highest BCUT2D eigenvalue weighted by molar-refractivity contribution is 7.10. The van der Waals surface area contributed by atoms with E-state index in [-0.39, 0.29) is 17.9 Å². The molecule has 9 heteroatoms. The first-order chi connectivity index (χ1) is 11.3. The van der Waals surface area contributed by atoms with Crippen LogP contribution in [-0.4, -0.2) is 28.4 Å². The Kier molecular flexibility index (Phi) is 5.27. The van der Waals surface area contributed by atoms with E-state index < -0.39 is 22.3 Å². The third-order valence-corrected chi connectivity index (χ3v) is 4.32. The molecule has 1 atom stereocenters.